The first-order valence-electron chi connectivity index (χ1n) is 7.78. The molecule has 1 saturated heterocycles. The summed E-state index contributed by atoms with van der Waals surface area (Å²) in [5.41, 5.74) is 5.20. The van der Waals surface area contributed by atoms with Gasteiger partial charge in [0, 0.05) is 12.5 Å². The summed E-state index contributed by atoms with van der Waals surface area (Å²) in [6.07, 6.45) is 3.59. The minimum Gasteiger partial charge on any atom is -0.363 e. The van der Waals surface area contributed by atoms with E-state index in [0.717, 1.165) is 25.9 Å². The van der Waals surface area contributed by atoms with Gasteiger partial charge in [-0.15, -0.1) is 5.10 Å². The predicted octanol–water partition coefficient (Wildman–Crippen LogP) is 0.720. The molecule has 2 aromatic rings. The Hall–Kier alpha value is -2.29. The highest BCUT2D eigenvalue weighted by Gasteiger charge is 2.24. The zero-order chi connectivity index (χ0) is 16.4. The number of aromatic nitrogens is 5. The van der Waals surface area contributed by atoms with E-state index in [1.54, 1.807) is 11.0 Å². The van der Waals surface area contributed by atoms with E-state index in [4.69, 9.17) is 10.3 Å². The molecular weight excluding hydrogens is 298 g/mol. The standard InChI is InChI=1S/C14H21N7O2/c1-9(2)14-17-11(19-23-14)7-20-5-3-4-10(6-20)21-8-16-13(18-21)12(15)22/h8-10H,3-7H2,1-2H3,(H2,15,22)/t10-/m0/s1. The van der Waals surface area contributed by atoms with E-state index in [2.05, 4.69) is 25.1 Å². The summed E-state index contributed by atoms with van der Waals surface area (Å²) in [7, 11) is 0. The normalized spacial score (nSPS) is 19.3. The molecule has 0 spiro atoms. The van der Waals surface area contributed by atoms with Gasteiger partial charge in [0.2, 0.25) is 11.7 Å². The second-order valence-electron chi connectivity index (χ2n) is 6.15. The zero-order valence-electron chi connectivity index (χ0n) is 13.3. The summed E-state index contributed by atoms with van der Waals surface area (Å²) in [5.74, 6) is 1.04. The van der Waals surface area contributed by atoms with Crippen LogP contribution in [0.5, 0.6) is 0 Å². The lowest BCUT2D eigenvalue weighted by Crippen LogP contribution is -2.36. The Kier molecular flexibility index (Phi) is 4.37. The van der Waals surface area contributed by atoms with Gasteiger partial charge in [-0.3, -0.25) is 9.69 Å². The van der Waals surface area contributed by atoms with E-state index in [-0.39, 0.29) is 17.8 Å². The molecule has 0 saturated carbocycles. The van der Waals surface area contributed by atoms with Crippen molar-refractivity contribution in [1.82, 2.24) is 29.8 Å². The highest BCUT2D eigenvalue weighted by Crippen LogP contribution is 2.22. The highest BCUT2D eigenvalue weighted by atomic mass is 16.5. The summed E-state index contributed by atoms with van der Waals surface area (Å²) < 4.78 is 6.97. The number of amides is 1. The number of carbonyl (C=O) groups is 1. The van der Waals surface area contributed by atoms with Gasteiger partial charge in [-0.25, -0.2) is 9.67 Å². The fourth-order valence-electron chi connectivity index (χ4n) is 2.72. The molecule has 9 nitrogen and oxygen atoms in total. The van der Waals surface area contributed by atoms with Gasteiger partial charge >= 0.3 is 0 Å². The summed E-state index contributed by atoms with van der Waals surface area (Å²) in [4.78, 5) is 21.7. The van der Waals surface area contributed by atoms with E-state index >= 15 is 0 Å². The fourth-order valence-corrected chi connectivity index (χ4v) is 2.72. The van der Waals surface area contributed by atoms with Crippen molar-refractivity contribution in [3.63, 3.8) is 0 Å². The van der Waals surface area contributed by atoms with Crippen molar-refractivity contribution in [2.24, 2.45) is 5.73 Å². The van der Waals surface area contributed by atoms with E-state index < -0.39 is 5.91 Å². The Morgan fingerprint density at radius 3 is 3.00 bits per heavy atom. The molecule has 1 aliphatic rings. The molecule has 1 atom stereocenters. The molecule has 0 aliphatic carbocycles. The Morgan fingerprint density at radius 1 is 1.52 bits per heavy atom. The molecule has 0 unspecified atom stereocenters. The minimum atomic E-state index is -0.607. The highest BCUT2D eigenvalue weighted by molar-refractivity contribution is 5.88. The van der Waals surface area contributed by atoms with Crippen LogP contribution in [0.25, 0.3) is 0 Å². The van der Waals surface area contributed by atoms with Gasteiger partial charge in [0.1, 0.15) is 6.33 Å². The van der Waals surface area contributed by atoms with Crippen LogP contribution in [0.4, 0.5) is 0 Å². The lowest BCUT2D eigenvalue weighted by molar-refractivity contribution is 0.0988. The predicted molar refractivity (Wildman–Crippen MR) is 80.5 cm³/mol. The topological polar surface area (TPSA) is 116 Å². The second-order valence-corrected chi connectivity index (χ2v) is 6.15. The molecule has 9 heteroatoms. The Labute approximate surface area is 133 Å². The molecule has 1 fully saturated rings. The van der Waals surface area contributed by atoms with Gasteiger partial charge < -0.3 is 10.3 Å². The lowest BCUT2D eigenvalue weighted by atomic mass is 10.1. The van der Waals surface area contributed by atoms with Crippen molar-refractivity contribution >= 4 is 5.91 Å². The maximum atomic E-state index is 11.1. The van der Waals surface area contributed by atoms with Crippen LogP contribution in [-0.2, 0) is 6.54 Å². The molecule has 0 bridgehead atoms. The maximum absolute atomic E-state index is 11.1. The van der Waals surface area contributed by atoms with Gasteiger partial charge in [0.25, 0.3) is 5.91 Å². The van der Waals surface area contributed by atoms with Gasteiger partial charge in [0.05, 0.1) is 12.6 Å². The van der Waals surface area contributed by atoms with Crippen molar-refractivity contribution in [3.05, 3.63) is 23.9 Å². The van der Waals surface area contributed by atoms with Gasteiger partial charge in [0.15, 0.2) is 5.82 Å². The van der Waals surface area contributed by atoms with Crippen LogP contribution in [0, 0.1) is 0 Å². The number of nitrogens with zero attached hydrogens (tertiary/aromatic N) is 6. The largest absolute Gasteiger partial charge is 0.363 e. The van der Waals surface area contributed by atoms with Crippen molar-refractivity contribution < 1.29 is 9.32 Å². The smallest absolute Gasteiger partial charge is 0.288 e. The van der Waals surface area contributed by atoms with Crippen LogP contribution in [0.2, 0.25) is 0 Å². The van der Waals surface area contributed by atoms with E-state index in [0.29, 0.717) is 18.3 Å². The Morgan fingerprint density at radius 2 is 2.35 bits per heavy atom. The molecule has 0 radical (unpaired) electrons. The van der Waals surface area contributed by atoms with Crippen LogP contribution >= 0.6 is 0 Å². The van der Waals surface area contributed by atoms with Crippen molar-refractivity contribution in [3.8, 4) is 0 Å². The van der Waals surface area contributed by atoms with Gasteiger partial charge in [-0.1, -0.05) is 19.0 Å². The number of likely N-dealkylation sites (tertiary alicyclic amines) is 1. The van der Waals surface area contributed by atoms with Crippen LogP contribution in [-0.4, -0.2) is 48.8 Å². The monoisotopic (exact) mass is 319 g/mol. The summed E-state index contributed by atoms with van der Waals surface area (Å²) in [5, 5.41) is 8.19. The minimum absolute atomic E-state index is 0.0573. The average molecular weight is 319 g/mol. The van der Waals surface area contributed by atoms with Crippen molar-refractivity contribution in [1.29, 1.82) is 0 Å². The summed E-state index contributed by atoms with van der Waals surface area (Å²) >= 11 is 0. The van der Waals surface area contributed by atoms with Crippen LogP contribution in [0.15, 0.2) is 10.9 Å². The molecule has 3 heterocycles. The number of nitrogens with two attached hydrogens (primary N) is 1. The van der Waals surface area contributed by atoms with Crippen molar-refractivity contribution in [2.75, 3.05) is 13.1 Å². The van der Waals surface area contributed by atoms with Gasteiger partial charge in [-0.2, -0.15) is 4.98 Å². The fraction of sp³-hybridized carbons (Fsp3) is 0.643. The molecule has 3 rings (SSSR count). The number of rotatable bonds is 5. The first-order chi connectivity index (χ1) is 11.0. The first kappa shape index (κ1) is 15.6. The Balaban J connectivity index is 1.64. The average Bonchev–Trinajstić information content (AvgIpc) is 3.16. The molecule has 1 amide bonds. The van der Waals surface area contributed by atoms with Crippen LogP contribution < -0.4 is 5.73 Å². The summed E-state index contributed by atoms with van der Waals surface area (Å²) in [6, 6.07) is 0.167. The molecule has 2 N–H and O–H groups in total. The van der Waals surface area contributed by atoms with Crippen LogP contribution in [0.3, 0.4) is 0 Å². The number of hydrogen-bond donors (Lipinski definition) is 1. The number of primary amides is 1. The maximum Gasteiger partial charge on any atom is 0.288 e. The molecule has 124 valence electrons. The molecule has 1 aliphatic heterocycles. The van der Waals surface area contributed by atoms with Gasteiger partial charge in [-0.05, 0) is 19.4 Å². The molecular formula is C14H21N7O2. The van der Waals surface area contributed by atoms with E-state index in [9.17, 15) is 4.79 Å². The molecule has 23 heavy (non-hydrogen) atoms. The number of piperidine rings is 1. The molecule has 2 aromatic heterocycles. The third kappa shape index (κ3) is 3.55. The molecule has 0 aromatic carbocycles. The number of hydrogen-bond acceptors (Lipinski definition) is 7. The summed E-state index contributed by atoms with van der Waals surface area (Å²) in [6.45, 7) is 6.46. The van der Waals surface area contributed by atoms with Crippen molar-refractivity contribution in [2.45, 2.75) is 45.2 Å². The number of carbonyl (C=O) groups excluding carboxylic acids is 1. The SMILES string of the molecule is CC(C)c1nc(CN2CCC[C@H](n3cnc(C(N)=O)n3)C2)no1. The lowest BCUT2D eigenvalue weighted by Gasteiger charge is -2.31. The van der Waals surface area contributed by atoms with E-state index in [1.165, 1.54) is 0 Å². The zero-order valence-corrected chi connectivity index (χ0v) is 13.3. The van der Waals surface area contributed by atoms with Crippen LogP contribution in [0.1, 0.15) is 61.0 Å². The third-order valence-corrected chi connectivity index (χ3v) is 3.93. The van der Waals surface area contributed by atoms with E-state index in [1.807, 2.05) is 13.8 Å². The Bertz CT molecular complexity index is 678. The first-order valence-corrected chi connectivity index (χ1v) is 7.78. The second kappa shape index (κ2) is 6.45. The third-order valence-electron chi connectivity index (χ3n) is 3.93. The quantitative estimate of drug-likeness (QED) is 0.863.